The highest BCUT2D eigenvalue weighted by Gasteiger charge is 2.25. The molecule has 200 valence electrons. The van der Waals surface area contributed by atoms with Crippen molar-refractivity contribution in [2.24, 2.45) is 35.5 Å². The molecule has 4 nitrogen and oxygen atoms in total. The van der Waals surface area contributed by atoms with Gasteiger partial charge in [0.25, 0.3) is 0 Å². The molecular formula is C28H59O4P. The largest absolute Gasteiger partial charge is 0.472 e. The maximum atomic E-state index is 12.6. The average Bonchev–Trinajstić information content (AvgIpc) is 2.70. The molecule has 0 aliphatic carbocycles. The number of phosphoric ester groups is 1. The Morgan fingerprint density at radius 2 is 0.818 bits per heavy atom. The Morgan fingerprint density at radius 3 is 1.12 bits per heavy atom. The third-order valence-electron chi connectivity index (χ3n) is 6.54. The van der Waals surface area contributed by atoms with Crippen LogP contribution < -0.4 is 0 Å². The van der Waals surface area contributed by atoms with Crippen molar-refractivity contribution in [3.8, 4) is 0 Å². The van der Waals surface area contributed by atoms with Gasteiger partial charge in [0, 0.05) is 0 Å². The molecule has 0 heterocycles. The summed E-state index contributed by atoms with van der Waals surface area (Å²) < 4.78 is 23.7. The summed E-state index contributed by atoms with van der Waals surface area (Å²) in [6.45, 7) is 18.6. The monoisotopic (exact) mass is 490 g/mol. The zero-order valence-corrected chi connectivity index (χ0v) is 24.4. The van der Waals surface area contributed by atoms with E-state index >= 15 is 0 Å². The van der Waals surface area contributed by atoms with Crippen molar-refractivity contribution >= 4 is 7.82 Å². The van der Waals surface area contributed by atoms with Crippen molar-refractivity contribution in [2.75, 3.05) is 13.2 Å². The van der Waals surface area contributed by atoms with Crippen molar-refractivity contribution in [1.82, 2.24) is 0 Å². The number of hydrogen-bond donors (Lipinski definition) is 1. The molecule has 0 aliphatic rings. The fraction of sp³-hybridized carbons (Fsp3) is 1.00. The van der Waals surface area contributed by atoms with E-state index in [0.717, 1.165) is 63.2 Å². The number of hydrogen-bond acceptors (Lipinski definition) is 3. The normalized spacial score (nSPS) is 16.2. The lowest BCUT2D eigenvalue weighted by Crippen LogP contribution is -2.14. The van der Waals surface area contributed by atoms with E-state index in [9.17, 15) is 9.46 Å². The quantitative estimate of drug-likeness (QED) is 0.121. The molecule has 0 radical (unpaired) electrons. The summed E-state index contributed by atoms with van der Waals surface area (Å²) in [6.07, 6.45) is 13.7. The fourth-order valence-electron chi connectivity index (χ4n) is 4.17. The van der Waals surface area contributed by atoms with Gasteiger partial charge < -0.3 is 4.89 Å². The summed E-state index contributed by atoms with van der Waals surface area (Å²) in [5.41, 5.74) is 0. The van der Waals surface area contributed by atoms with Crippen molar-refractivity contribution < 1.29 is 18.5 Å². The topological polar surface area (TPSA) is 55.8 Å². The Kier molecular flexibility index (Phi) is 19.4. The van der Waals surface area contributed by atoms with Gasteiger partial charge in [-0.05, 0) is 61.2 Å². The molecule has 0 rings (SSSR count). The van der Waals surface area contributed by atoms with E-state index in [1.807, 2.05) is 0 Å². The Labute approximate surface area is 207 Å². The van der Waals surface area contributed by atoms with Gasteiger partial charge in [-0.1, -0.05) is 107 Å². The van der Waals surface area contributed by atoms with Crippen LogP contribution in [-0.4, -0.2) is 18.1 Å². The molecule has 0 aromatic rings. The Morgan fingerprint density at radius 1 is 0.515 bits per heavy atom. The van der Waals surface area contributed by atoms with E-state index in [1.165, 1.54) is 25.7 Å². The van der Waals surface area contributed by atoms with Gasteiger partial charge in [-0.15, -0.1) is 0 Å². The van der Waals surface area contributed by atoms with Crippen LogP contribution in [0, 0.1) is 35.5 Å². The molecule has 0 aromatic heterocycles. The standard InChI is InChI=1S/C28H59O4P/c1-23(2)13-9-11-15-27(19-17-25(5)6)21-31-33(29,30)32-22-28(20-18-26(7)8)16-12-10-14-24(3)4/h23-28H,9-22H2,1-8H3,(H,29,30). The second kappa shape index (κ2) is 19.3. The van der Waals surface area contributed by atoms with Crippen LogP contribution in [0.1, 0.15) is 132 Å². The summed E-state index contributed by atoms with van der Waals surface area (Å²) in [5, 5.41) is 0. The lowest BCUT2D eigenvalue weighted by molar-refractivity contribution is 0.106. The summed E-state index contributed by atoms with van der Waals surface area (Å²) >= 11 is 0. The van der Waals surface area contributed by atoms with Gasteiger partial charge in [0.2, 0.25) is 0 Å². The molecule has 2 unspecified atom stereocenters. The van der Waals surface area contributed by atoms with E-state index in [1.54, 1.807) is 0 Å². The van der Waals surface area contributed by atoms with Crippen molar-refractivity contribution in [1.29, 1.82) is 0 Å². The van der Waals surface area contributed by atoms with E-state index in [2.05, 4.69) is 55.4 Å². The second-order valence-electron chi connectivity index (χ2n) is 12.1. The van der Waals surface area contributed by atoms with Gasteiger partial charge in [0.05, 0.1) is 13.2 Å². The summed E-state index contributed by atoms with van der Waals surface area (Å²) in [4.78, 5) is 10.4. The van der Waals surface area contributed by atoms with Gasteiger partial charge >= 0.3 is 7.82 Å². The smallest absolute Gasteiger partial charge is 0.302 e. The molecule has 0 saturated carbocycles. The van der Waals surface area contributed by atoms with E-state index < -0.39 is 7.82 Å². The van der Waals surface area contributed by atoms with Crippen LogP contribution in [0.5, 0.6) is 0 Å². The van der Waals surface area contributed by atoms with Crippen LogP contribution in [0.4, 0.5) is 0 Å². The molecule has 0 amide bonds. The van der Waals surface area contributed by atoms with Gasteiger partial charge in [0.1, 0.15) is 0 Å². The molecule has 5 heteroatoms. The number of rotatable bonds is 22. The molecule has 0 spiro atoms. The molecule has 33 heavy (non-hydrogen) atoms. The van der Waals surface area contributed by atoms with Gasteiger partial charge in [0.15, 0.2) is 0 Å². The molecule has 0 saturated heterocycles. The number of phosphoric acid groups is 1. The molecule has 0 aromatic carbocycles. The van der Waals surface area contributed by atoms with Crippen molar-refractivity contribution in [3.05, 3.63) is 0 Å². The highest BCUT2D eigenvalue weighted by molar-refractivity contribution is 7.47. The first kappa shape index (κ1) is 33.1. The Balaban J connectivity index is 4.61. The third kappa shape index (κ3) is 22.3. The van der Waals surface area contributed by atoms with E-state index in [-0.39, 0.29) is 0 Å². The predicted octanol–water partition coefficient (Wildman–Crippen LogP) is 9.66. The molecule has 2 atom stereocenters. The second-order valence-corrected chi connectivity index (χ2v) is 13.5. The molecular weight excluding hydrogens is 431 g/mol. The van der Waals surface area contributed by atoms with Crippen LogP contribution in [0.25, 0.3) is 0 Å². The molecule has 0 fully saturated rings. The molecule has 0 bridgehead atoms. The lowest BCUT2D eigenvalue weighted by Gasteiger charge is -2.22. The fourth-order valence-corrected chi connectivity index (χ4v) is 5.04. The van der Waals surface area contributed by atoms with Gasteiger partial charge in [-0.2, -0.15) is 0 Å². The first-order valence-electron chi connectivity index (χ1n) is 14.0. The lowest BCUT2D eigenvalue weighted by atomic mass is 9.93. The minimum absolute atomic E-state index is 0.327. The third-order valence-corrected chi connectivity index (χ3v) is 7.49. The molecule has 0 aliphatic heterocycles. The minimum Gasteiger partial charge on any atom is -0.302 e. The van der Waals surface area contributed by atoms with Crippen LogP contribution >= 0.6 is 7.82 Å². The van der Waals surface area contributed by atoms with Crippen LogP contribution in [-0.2, 0) is 13.6 Å². The van der Waals surface area contributed by atoms with E-state index in [0.29, 0.717) is 36.9 Å². The summed E-state index contributed by atoms with van der Waals surface area (Å²) in [5.74, 6) is 3.40. The maximum absolute atomic E-state index is 12.6. The molecule has 1 N–H and O–H groups in total. The average molecular weight is 491 g/mol. The summed E-state index contributed by atoms with van der Waals surface area (Å²) in [6, 6.07) is 0. The zero-order chi connectivity index (χ0) is 25.3. The predicted molar refractivity (Wildman–Crippen MR) is 143 cm³/mol. The maximum Gasteiger partial charge on any atom is 0.472 e. The summed E-state index contributed by atoms with van der Waals surface area (Å²) in [7, 11) is -4.00. The first-order valence-corrected chi connectivity index (χ1v) is 15.5. The first-order chi connectivity index (χ1) is 15.4. The highest BCUT2D eigenvalue weighted by Crippen LogP contribution is 2.45. The van der Waals surface area contributed by atoms with Crippen LogP contribution in [0.15, 0.2) is 0 Å². The van der Waals surface area contributed by atoms with Gasteiger partial charge in [-0.25, -0.2) is 4.57 Å². The number of unbranched alkanes of at least 4 members (excludes halogenated alkanes) is 2. The minimum atomic E-state index is -4.00. The van der Waals surface area contributed by atoms with E-state index in [4.69, 9.17) is 9.05 Å². The SMILES string of the molecule is CC(C)CCCCC(CCC(C)C)COP(=O)(O)OCC(CCCCC(C)C)CCC(C)C. The van der Waals surface area contributed by atoms with Crippen LogP contribution in [0.3, 0.4) is 0 Å². The zero-order valence-electron chi connectivity index (χ0n) is 23.5. The van der Waals surface area contributed by atoms with Gasteiger partial charge in [-0.3, -0.25) is 9.05 Å². The van der Waals surface area contributed by atoms with Crippen molar-refractivity contribution in [2.45, 2.75) is 132 Å². The van der Waals surface area contributed by atoms with Crippen LogP contribution in [0.2, 0.25) is 0 Å². The highest BCUT2D eigenvalue weighted by atomic mass is 31.2. The Bertz CT molecular complexity index is 450. The van der Waals surface area contributed by atoms with Crippen molar-refractivity contribution in [3.63, 3.8) is 0 Å². The Hall–Kier alpha value is 0.110.